The average Bonchev–Trinajstić information content (AvgIpc) is 3.18. The van der Waals surface area contributed by atoms with Crippen molar-refractivity contribution in [1.29, 1.82) is 0 Å². The molecule has 3 aromatic rings. The SMILES string of the molecule is COCCNS(=O)(=O)c1ccc(C(=O)NCc2ccc(-n3ccnc3C)c(F)c2)cc1. The summed E-state index contributed by atoms with van der Waals surface area (Å²) >= 11 is 0. The van der Waals surface area contributed by atoms with Crippen LogP contribution < -0.4 is 10.0 Å². The predicted octanol–water partition coefficient (Wildman–Crippen LogP) is 2.17. The number of halogens is 1. The lowest BCUT2D eigenvalue weighted by Gasteiger charge is -2.10. The minimum Gasteiger partial charge on any atom is -0.383 e. The van der Waals surface area contributed by atoms with Crippen LogP contribution in [0, 0.1) is 12.7 Å². The molecule has 0 aliphatic carbocycles. The third-order valence-corrected chi connectivity index (χ3v) is 6.05. The quantitative estimate of drug-likeness (QED) is 0.491. The Labute approximate surface area is 180 Å². The van der Waals surface area contributed by atoms with E-state index < -0.39 is 21.7 Å². The van der Waals surface area contributed by atoms with Crippen LogP contribution in [0.15, 0.2) is 59.8 Å². The van der Waals surface area contributed by atoms with Crippen molar-refractivity contribution < 1.29 is 22.3 Å². The number of imidazole rings is 1. The number of rotatable bonds is 9. The zero-order valence-electron chi connectivity index (χ0n) is 17.1. The summed E-state index contributed by atoms with van der Waals surface area (Å²) in [5.74, 6) is -0.158. The topological polar surface area (TPSA) is 102 Å². The third-order valence-electron chi connectivity index (χ3n) is 4.58. The molecule has 0 fully saturated rings. The van der Waals surface area contributed by atoms with E-state index in [1.807, 2.05) is 0 Å². The number of methoxy groups -OCH3 is 1. The molecule has 1 amide bonds. The van der Waals surface area contributed by atoms with Crippen molar-refractivity contribution in [2.45, 2.75) is 18.4 Å². The number of ether oxygens (including phenoxy) is 1. The highest BCUT2D eigenvalue weighted by atomic mass is 32.2. The summed E-state index contributed by atoms with van der Waals surface area (Å²) in [7, 11) is -2.19. The molecule has 0 unspecified atom stereocenters. The van der Waals surface area contributed by atoms with Crippen LogP contribution in [-0.4, -0.2) is 44.1 Å². The minimum absolute atomic E-state index is 0.0487. The fourth-order valence-corrected chi connectivity index (χ4v) is 3.93. The van der Waals surface area contributed by atoms with Gasteiger partial charge in [-0.1, -0.05) is 6.07 Å². The first-order valence-electron chi connectivity index (χ1n) is 9.47. The van der Waals surface area contributed by atoms with Crippen molar-refractivity contribution in [3.8, 4) is 5.69 Å². The number of aromatic nitrogens is 2. The largest absolute Gasteiger partial charge is 0.383 e. The van der Waals surface area contributed by atoms with Crippen LogP contribution >= 0.6 is 0 Å². The highest BCUT2D eigenvalue weighted by Gasteiger charge is 2.15. The van der Waals surface area contributed by atoms with E-state index in [9.17, 15) is 17.6 Å². The second-order valence-electron chi connectivity index (χ2n) is 6.73. The monoisotopic (exact) mass is 446 g/mol. The van der Waals surface area contributed by atoms with E-state index in [1.165, 1.54) is 37.4 Å². The van der Waals surface area contributed by atoms with E-state index in [-0.39, 0.29) is 24.6 Å². The van der Waals surface area contributed by atoms with Crippen LogP contribution in [0.25, 0.3) is 5.69 Å². The zero-order valence-corrected chi connectivity index (χ0v) is 17.9. The van der Waals surface area contributed by atoms with Gasteiger partial charge in [0.1, 0.15) is 11.6 Å². The molecule has 31 heavy (non-hydrogen) atoms. The van der Waals surface area contributed by atoms with Crippen molar-refractivity contribution in [1.82, 2.24) is 19.6 Å². The van der Waals surface area contributed by atoms with Crippen molar-refractivity contribution in [2.75, 3.05) is 20.3 Å². The molecule has 10 heteroatoms. The van der Waals surface area contributed by atoms with E-state index in [2.05, 4.69) is 15.0 Å². The summed E-state index contributed by atoms with van der Waals surface area (Å²) in [5, 5.41) is 2.70. The molecular weight excluding hydrogens is 423 g/mol. The van der Waals surface area contributed by atoms with Crippen LogP contribution in [0.4, 0.5) is 4.39 Å². The van der Waals surface area contributed by atoms with Gasteiger partial charge in [0.05, 0.1) is 17.2 Å². The Morgan fingerprint density at radius 1 is 1.19 bits per heavy atom. The van der Waals surface area contributed by atoms with Gasteiger partial charge in [0.15, 0.2) is 0 Å². The van der Waals surface area contributed by atoms with E-state index in [0.29, 0.717) is 22.6 Å². The Morgan fingerprint density at radius 2 is 1.94 bits per heavy atom. The standard InChI is InChI=1S/C21H23FN4O4S/c1-15-23-9-11-26(15)20-8-3-16(13-19(20)22)14-24-21(27)17-4-6-18(7-5-17)31(28,29)25-10-12-30-2/h3-9,11,13,25H,10,12,14H2,1-2H3,(H,24,27). The molecule has 3 rings (SSSR count). The van der Waals surface area contributed by atoms with Crippen LogP contribution in [0.1, 0.15) is 21.7 Å². The second-order valence-corrected chi connectivity index (χ2v) is 8.49. The number of benzene rings is 2. The lowest BCUT2D eigenvalue weighted by atomic mass is 10.1. The molecule has 0 aliphatic rings. The number of sulfonamides is 1. The van der Waals surface area contributed by atoms with Crippen molar-refractivity contribution >= 4 is 15.9 Å². The summed E-state index contributed by atoms with van der Waals surface area (Å²) in [5.41, 5.74) is 1.26. The summed E-state index contributed by atoms with van der Waals surface area (Å²) in [6.07, 6.45) is 3.27. The maximum absolute atomic E-state index is 14.5. The summed E-state index contributed by atoms with van der Waals surface area (Å²) in [6, 6.07) is 10.3. The molecule has 2 N–H and O–H groups in total. The van der Waals surface area contributed by atoms with Gasteiger partial charge < -0.3 is 14.6 Å². The molecule has 0 saturated heterocycles. The molecular formula is C21H23FN4O4S. The predicted molar refractivity (Wildman–Crippen MR) is 113 cm³/mol. The normalized spacial score (nSPS) is 11.5. The summed E-state index contributed by atoms with van der Waals surface area (Å²) in [6.45, 7) is 2.30. The summed E-state index contributed by atoms with van der Waals surface area (Å²) in [4.78, 5) is 16.5. The van der Waals surface area contributed by atoms with Gasteiger partial charge in [-0.3, -0.25) is 4.79 Å². The number of amides is 1. The molecule has 0 bridgehead atoms. The van der Waals surface area contributed by atoms with E-state index >= 15 is 0 Å². The van der Waals surface area contributed by atoms with Gasteiger partial charge in [-0.15, -0.1) is 0 Å². The van der Waals surface area contributed by atoms with Crippen LogP contribution in [0.2, 0.25) is 0 Å². The molecule has 0 saturated carbocycles. The van der Waals surface area contributed by atoms with E-state index in [0.717, 1.165) is 0 Å². The van der Waals surface area contributed by atoms with Gasteiger partial charge in [-0.25, -0.2) is 22.5 Å². The first-order chi connectivity index (χ1) is 14.8. The number of nitrogens with zero attached hydrogens (tertiary/aromatic N) is 2. The van der Waals surface area contributed by atoms with E-state index in [4.69, 9.17) is 4.74 Å². The van der Waals surface area contributed by atoms with Gasteiger partial charge >= 0.3 is 0 Å². The molecule has 164 valence electrons. The fourth-order valence-electron chi connectivity index (χ4n) is 2.92. The lowest BCUT2D eigenvalue weighted by molar-refractivity contribution is 0.0950. The van der Waals surface area contributed by atoms with Crippen molar-refractivity contribution in [3.05, 3.63) is 77.6 Å². The van der Waals surface area contributed by atoms with Gasteiger partial charge in [0.25, 0.3) is 5.91 Å². The Bertz CT molecular complexity index is 1160. The molecule has 0 radical (unpaired) electrons. The molecule has 0 spiro atoms. The molecule has 0 atom stereocenters. The van der Waals surface area contributed by atoms with E-state index in [1.54, 1.807) is 36.0 Å². The lowest BCUT2D eigenvalue weighted by Crippen LogP contribution is -2.27. The highest BCUT2D eigenvalue weighted by molar-refractivity contribution is 7.89. The second kappa shape index (κ2) is 9.82. The first kappa shape index (κ1) is 22.6. The van der Waals surface area contributed by atoms with Gasteiger partial charge in [0.2, 0.25) is 10.0 Å². The number of carbonyl (C=O) groups excluding carboxylic acids is 1. The molecule has 8 nitrogen and oxygen atoms in total. The Morgan fingerprint density at radius 3 is 2.55 bits per heavy atom. The Hall–Kier alpha value is -3.08. The third kappa shape index (κ3) is 5.54. The van der Waals surface area contributed by atoms with Gasteiger partial charge in [-0.2, -0.15) is 0 Å². The number of carbonyl (C=O) groups is 1. The number of hydrogen-bond donors (Lipinski definition) is 2. The van der Waals surface area contributed by atoms with Crippen molar-refractivity contribution in [2.24, 2.45) is 0 Å². The van der Waals surface area contributed by atoms with Crippen LogP contribution in [-0.2, 0) is 21.3 Å². The molecule has 1 heterocycles. The molecule has 2 aromatic carbocycles. The minimum atomic E-state index is -3.67. The molecule has 1 aromatic heterocycles. The Balaban J connectivity index is 1.62. The van der Waals surface area contributed by atoms with Crippen LogP contribution in [0.5, 0.6) is 0 Å². The number of nitrogens with one attached hydrogen (secondary N) is 2. The average molecular weight is 447 g/mol. The maximum Gasteiger partial charge on any atom is 0.251 e. The first-order valence-corrected chi connectivity index (χ1v) is 11.0. The number of aryl methyl sites for hydroxylation is 1. The molecule has 0 aliphatic heterocycles. The Kier molecular flexibility index (Phi) is 7.16. The van der Waals surface area contributed by atoms with Crippen LogP contribution in [0.3, 0.4) is 0 Å². The highest BCUT2D eigenvalue weighted by Crippen LogP contribution is 2.17. The number of hydrogen-bond acceptors (Lipinski definition) is 5. The fraction of sp³-hybridized carbons (Fsp3) is 0.238. The smallest absolute Gasteiger partial charge is 0.251 e. The van der Waals surface area contributed by atoms with Gasteiger partial charge in [0, 0.05) is 38.2 Å². The summed E-state index contributed by atoms with van der Waals surface area (Å²) < 4.78 is 47.6. The van der Waals surface area contributed by atoms with Crippen molar-refractivity contribution in [3.63, 3.8) is 0 Å². The zero-order chi connectivity index (χ0) is 22.4. The maximum atomic E-state index is 14.5. The van der Waals surface area contributed by atoms with Gasteiger partial charge in [-0.05, 0) is 48.9 Å².